The lowest BCUT2D eigenvalue weighted by Crippen LogP contribution is -2.53. The summed E-state index contributed by atoms with van der Waals surface area (Å²) in [5, 5.41) is 32.0. The SMILES string of the molecule is C=C(N=C/C(=C\C)[C@@H]1CCC(=O)NC1=O)N1CCN(CC23CCC(c4nnc(-c5cnc(-c6ccc7cc(C#N)cnn67)cc5NC5CCOCC5)s4)(CC2)CC3)CC1. The van der Waals surface area contributed by atoms with Gasteiger partial charge in [-0.15, -0.1) is 10.2 Å². The predicted molar refractivity (Wildman–Crippen MR) is 227 cm³/mol. The maximum atomic E-state index is 12.4. The fourth-order valence-corrected chi connectivity index (χ4v) is 11.0. The number of fused-ring (bicyclic) bond motifs is 4. The molecule has 0 radical (unpaired) electrons. The normalized spacial score (nSPS) is 25.7. The zero-order valence-corrected chi connectivity index (χ0v) is 34.5. The lowest BCUT2D eigenvalue weighted by molar-refractivity contribution is -0.135. The van der Waals surface area contributed by atoms with Gasteiger partial charge in [-0.05, 0) is 100.0 Å². The first kappa shape index (κ1) is 39.2. The lowest BCUT2D eigenvalue weighted by atomic mass is 9.54. The van der Waals surface area contributed by atoms with Gasteiger partial charge in [0, 0.05) is 81.9 Å². The number of carbonyl (C=O) groups is 2. The minimum absolute atomic E-state index is 0.0756. The van der Waals surface area contributed by atoms with Gasteiger partial charge in [-0.1, -0.05) is 24.0 Å². The molecule has 306 valence electrons. The molecule has 4 aromatic rings. The molecule has 0 spiro atoms. The van der Waals surface area contributed by atoms with Crippen molar-refractivity contribution in [3.05, 3.63) is 71.3 Å². The number of nitriles is 1. The Bertz CT molecular complexity index is 2340. The van der Waals surface area contributed by atoms with Crippen LogP contribution in [0.1, 0.15) is 81.7 Å². The number of ether oxygens (including phenoxy) is 1. The number of aliphatic imine (C=N–C) groups is 1. The Kier molecular flexibility index (Phi) is 10.9. The van der Waals surface area contributed by atoms with Crippen LogP contribution in [-0.2, 0) is 19.7 Å². The fourth-order valence-electron chi connectivity index (χ4n) is 9.82. The van der Waals surface area contributed by atoms with Crippen molar-refractivity contribution in [3.8, 4) is 28.0 Å². The van der Waals surface area contributed by atoms with Crippen LogP contribution in [0.4, 0.5) is 5.69 Å². The number of amides is 2. The zero-order valence-electron chi connectivity index (χ0n) is 33.7. The van der Waals surface area contributed by atoms with Crippen LogP contribution in [0.15, 0.2) is 65.7 Å². The van der Waals surface area contributed by atoms with E-state index in [4.69, 9.17) is 19.9 Å². The van der Waals surface area contributed by atoms with Gasteiger partial charge >= 0.3 is 0 Å². The Morgan fingerprint density at radius 3 is 2.58 bits per heavy atom. The molecule has 3 saturated heterocycles. The van der Waals surface area contributed by atoms with Crippen molar-refractivity contribution < 1.29 is 14.3 Å². The largest absolute Gasteiger partial charge is 0.381 e. The number of imide groups is 1. The Balaban J connectivity index is 0.838. The zero-order chi connectivity index (χ0) is 40.6. The highest BCUT2D eigenvalue weighted by Gasteiger charge is 2.51. The summed E-state index contributed by atoms with van der Waals surface area (Å²) in [7, 11) is 0. The van der Waals surface area contributed by atoms with Crippen molar-refractivity contribution in [2.24, 2.45) is 16.3 Å². The van der Waals surface area contributed by atoms with Crippen molar-refractivity contribution in [2.75, 3.05) is 51.3 Å². The highest BCUT2D eigenvalue weighted by Crippen LogP contribution is 2.58. The van der Waals surface area contributed by atoms with Gasteiger partial charge in [-0.3, -0.25) is 24.8 Å². The number of pyridine rings is 1. The first-order chi connectivity index (χ1) is 28.7. The van der Waals surface area contributed by atoms with E-state index in [0.717, 1.165) is 122 Å². The van der Waals surface area contributed by atoms with E-state index in [9.17, 15) is 14.9 Å². The third kappa shape index (κ3) is 7.93. The molecular weight excluding hydrogens is 763 g/mol. The van der Waals surface area contributed by atoms with E-state index in [-0.39, 0.29) is 29.2 Å². The molecule has 2 bridgehead atoms. The summed E-state index contributed by atoms with van der Waals surface area (Å²) >= 11 is 1.73. The summed E-state index contributed by atoms with van der Waals surface area (Å²) in [6.45, 7) is 12.4. The van der Waals surface area contributed by atoms with E-state index in [0.29, 0.717) is 29.6 Å². The van der Waals surface area contributed by atoms with Gasteiger partial charge in [-0.2, -0.15) is 10.4 Å². The summed E-state index contributed by atoms with van der Waals surface area (Å²) in [4.78, 5) is 38.5. The van der Waals surface area contributed by atoms with E-state index in [2.05, 4.69) is 49.2 Å². The Morgan fingerprint density at radius 1 is 1.07 bits per heavy atom. The molecule has 6 aliphatic rings. The number of allylic oxidation sites excluding steroid dienone is 1. The standard InChI is InChI=1S/C44H51N11O3S/c1-3-31(34-5-7-39(56)50-40(34)57)26-46-29(2)54-18-16-53(17-19-54)28-43-10-13-44(14-11-43,15-12-43)42-52-51-41(59-42)35-27-47-37(23-36(35)49-32-8-20-58-21-9-32)38-6-4-33-22-30(24-45)25-48-55(33)38/h3-4,6,22-23,25-27,32,34H,2,5,7-21,28H2,1H3,(H,47,49)(H,50,56,57)/b31-3+,46-26?/t34-,43?,44?/m0/s1. The summed E-state index contributed by atoms with van der Waals surface area (Å²) in [6, 6.07) is 10.4. The molecule has 4 aromatic heterocycles. The number of piperidine rings is 1. The van der Waals surface area contributed by atoms with Crippen molar-refractivity contribution in [1.29, 1.82) is 5.26 Å². The van der Waals surface area contributed by atoms with Gasteiger partial charge in [0.25, 0.3) is 0 Å². The first-order valence-electron chi connectivity index (χ1n) is 21.0. The predicted octanol–water partition coefficient (Wildman–Crippen LogP) is 6.13. The molecule has 2 amide bonds. The molecule has 3 aliphatic carbocycles. The Labute approximate surface area is 348 Å². The first-order valence-corrected chi connectivity index (χ1v) is 21.8. The molecule has 0 unspecified atom stereocenters. The summed E-state index contributed by atoms with van der Waals surface area (Å²) in [6.07, 6.45) is 16.9. The third-order valence-electron chi connectivity index (χ3n) is 13.5. The lowest BCUT2D eigenvalue weighted by Gasteiger charge is -2.54. The van der Waals surface area contributed by atoms with Crippen LogP contribution in [0.5, 0.6) is 0 Å². The Hall–Kier alpha value is -5.30. The molecular formula is C44H51N11O3S. The summed E-state index contributed by atoms with van der Waals surface area (Å²) < 4.78 is 7.50. The van der Waals surface area contributed by atoms with Crippen molar-refractivity contribution in [3.63, 3.8) is 0 Å². The molecule has 7 heterocycles. The van der Waals surface area contributed by atoms with Gasteiger partial charge in [0.15, 0.2) is 5.01 Å². The van der Waals surface area contributed by atoms with Crippen LogP contribution in [0.3, 0.4) is 0 Å². The topological polar surface area (TPSA) is 166 Å². The summed E-state index contributed by atoms with van der Waals surface area (Å²) in [5.74, 6) is -0.0980. The molecule has 3 aliphatic heterocycles. The fraction of sp³-hybridized carbons (Fsp3) is 0.500. The number of piperazine rings is 1. The van der Waals surface area contributed by atoms with Gasteiger partial charge in [0.2, 0.25) is 11.8 Å². The second-order valence-corrected chi connectivity index (χ2v) is 18.0. The Morgan fingerprint density at radius 2 is 1.85 bits per heavy atom. The van der Waals surface area contributed by atoms with Crippen LogP contribution >= 0.6 is 11.3 Å². The van der Waals surface area contributed by atoms with Crippen LogP contribution in [0.25, 0.3) is 27.5 Å². The minimum Gasteiger partial charge on any atom is -0.381 e. The number of rotatable bonds is 11. The number of hydrogen-bond acceptors (Lipinski definition) is 13. The average Bonchev–Trinajstić information content (AvgIpc) is 3.94. The summed E-state index contributed by atoms with van der Waals surface area (Å²) in [5.41, 5.74) is 6.21. The number of nitrogens with zero attached hydrogens (tertiary/aromatic N) is 9. The molecule has 2 N–H and O–H groups in total. The molecule has 3 saturated carbocycles. The monoisotopic (exact) mass is 813 g/mol. The molecule has 15 heteroatoms. The molecule has 6 fully saturated rings. The number of aromatic nitrogens is 5. The second-order valence-electron chi connectivity index (χ2n) is 17.0. The molecule has 0 aromatic carbocycles. The third-order valence-corrected chi connectivity index (χ3v) is 14.7. The van der Waals surface area contributed by atoms with Crippen LogP contribution in [-0.4, -0.2) is 105 Å². The smallest absolute Gasteiger partial charge is 0.234 e. The molecule has 14 nitrogen and oxygen atoms in total. The molecule has 59 heavy (non-hydrogen) atoms. The van der Waals surface area contributed by atoms with Gasteiger partial charge in [-0.25, -0.2) is 9.51 Å². The van der Waals surface area contributed by atoms with Gasteiger partial charge in [0.1, 0.15) is 16.9 Å². The number of anilines is 1. The average molecular weight is 814 g/mol. The number of carbonyl (C=O) groups excluding carboxylic acids is 2. The highest BCUT2D eigenvalue weighted by atomic mass is 32.1. The number of hydrogen-bond donors (Lipinski definition) is 2. The van der Waals surface area contributed by atoms with E-state index in [1.807, 2.05) is 41.9 Å². The van der Waals surface area contributed by atoms with E-state index in [1.54, 1.807) is 23.7 Å². The van der Waals surface area contributed by atoms with Crippen LogP contribution in [0.2, 0.25) is 0 Å². The molecule has 10 rings (SSSR count). The molecule has 1 atom stereocenters. The van der Waals surface area contributed by atoms with E-state index >= 15 is 0 Å². The van der Waals surface area contributed by atoms with Crippen molar-refractivity contribution in [1.82, 2.24) is 39.9 Å². The minimum atomic E-state index is -0.353. The second kappa shape index (κ2) is 16.4. The van der Waals surface area contributed by atoms with E-state index in [1.165, 1.54) is 19.3 Å². The van der Waals surface area contributed by atoms with Crippen LogP contribution < -0.4 is 10.6 Å². The van der Waals surface area contributed by atoms with Gasteiger partial charge < -0.3 is 15.0 Å². The highest BCUT2D eigenvalue weighted by molar-refractivity contribution is 7.14. The van der Waals surface area contributed by atoms with Crippen molar-refractivity contribution >= 4 is 40.6 Å². The van der Waals surface area contributed by atoms with Crippen molar-refractivity contribution in [2.45, 2.75) is 82.6 Å². The maximum Gasteiger partial charge on any atom is 0.234 e. The number of nitrogens with one attached hydrogen (secondary N) is 2. The van der Waals surface area contributed by atoms with Crippen LogP contribution in [0, 0.1) is 22.7 Å². The van der Waals surface area contributed by atoms with Gasteiger partial charge in [0.05, 0.1) is 40.1 Å². The van der Waals surface area contributed by atoms with E-state index < -0.39 is 0 Å². The quantitative estimate of drug-likeness (QED) is 0.132. The maximum absolute atomic E-state index is 12.4.